The van der Waals surface area contributed by atoms with Crippen LogP contribution in [-0.2, 0) is 0 Å². The zero-order valence-electron chi connectivity index (χ0n) is 9.95. The molecule has 0 amide bonds. The minimum atomic E-state index is 0.529. The molecule has 1 aromatic carbocycles. The van der Waals surface area contributed by atoms with Gasteiger partial charge in [0.25, 0.3) is 0 Å². The Labute approximate surface area is 103 Å². The van der Waals surface area contributed by atoms with Crippen molar-refractivity contribution in [1.29, 1.82) is 0 Å². The molecule has 1 saturated heterocycles. The van der Waals surface area contributed by atoms with E-state index in [0.29, 0.717) is 6.04 Å². The van der Waals surface area contributed by atoms with E-state index in [-0.39, 0.29) is 0 Å². The van der Waals surface area contributed by atoms with Gasteiger partial charge < -0.3 is 0 Å². The lowest BCUT2D eigenvalue weighted by atomic mass is 10.0. The van der Waals surface area contributed by atoms with Crippen molar-refractivity contribution < 1.29 is 0 Å². The summed E-state index contributed by atoms with van der Waals surface area (Å²) in [4.78, 5) is 2.59. The summed E-state index contributed by atoms with van der Waals surface area (Å²) in [6.45, 7) is 4.71. The number of likely N-dealkylation sites (tertiary alicyclic amines) is 1. The van der Waals surface area contributed by atoms with Crippen LogP contribution < -0.4 is 0 Å². The Hall–Kier alpha value is -0.530. The van der Waals surface area contributed by atoms with Crippen molar-refractivity contribution in [2.45, 2.75) is 38.6 Å². The van der Waals surface area contributed by atoms with E-state index in [4.69, 9.17) is 11.6 Å². The van der Waals surface area contributed by atoms with Crippen molar-refractivity contribution in [3.05, 3.63) is 34.9 Å². The van der Waals surface area contributed by atoms with Gasteiger partial charge in [0.2, 0.25) is 0 Å². The van der Waals surface area contributed by atoms with Gasteiger partial charge in [-0.2, -0.15) is 0 Å². The van der Waals surface area contributed by atoms with E-state index < -0.39 is 0 Å². The van der Waals surface area contributed by atoms with Crippen molar-refractivity contribution in [3.63, 3.8) is 0 Å². The van der Waals surface area contributed by atoms with E-state index in [9.17, 15) is 0 Å². The monoisotopic (exact) mass is 237 g/mol. The Morgan fingerprint density at radius 2 is 1.94 bits per heavy atom. The van der Waals surface area contributed by atoms with E-state index >= 15 is 0 Å². The highest BCUT2D eigenvalue weighted by molar-refractivity contribution is 6.31. The molecule has 88 valence electrons. The molecule has 16 heavy (non-hydrogen) atoms. The van der Waals surface area contributed by atoms with E-state index in [1.165, 1.54) is 44.3 Å². The smallest absolute Gasteiger partial charge is 0.0453 e. The van der Waals surface area contributed by atoms with Crippen LogP contribution in [0.5, 0.6) is 0 Å². The molecule has 0 N–H and O–H groups in total. The lowest BCUT2D eigenvalue weighted by Gasteiger charge is -2.28. The third-order valence-electron chi connectivity index (χ3n) is 3.41. The van der Waals surface area contributed by atoms with Crippen LogP contribution in [0.25, 0.3) is 0 Å². The van der Waals surface area contributed by atoms with Crippen LogP contribution in [0.3, 0.4) is 0 Å². The lowest BCUT2D eigenvalue weighted by Crippen LogP contribution is -2.25. The number of rotatable bonds is 4. The molecule has 0 aliphatic carbocycles. The van der Waals surface area contributed by atoms with E-state index in [1.54, 1.807) is 0 Å². The first kappa shape index (κ1) is 11.9. The third-order valence-corrected chi connectivity index (χ3v) is 3.75. The Morgan fingerprint density at radius 3 is 2.56 bits per heavy atom. The van der Waals surface area contributed by atoms with Gasteiger partial charge in [0, 0.05) is 11.1 Å². The predicted molar refractivity (Wildman–Crippen MR) is 69.9 cm³/mol. The summed E-state index contributed by atoms with van der Waals surface area (Å²) in [5.74, 6) is 0. The Balaban J connectivity index is 2.21. The van der Waals surface area contributed by atoms with Crippen LogP contribution in [0.1, 0.15) is 44.2 Å². The summed E-state index contributed by atoms with van der Waals surface area (Å²) in [6, 6.07) is 8.83. The molecule has 1 aliphatic rings. The highest BCUT2D eigenvalue weighted by Crippen LogP contribution is 2.33. The van der Waals surface area contributed by atoms with Gasteiger partial charge in [-0.25, -0.2) is 0 Å². The summed E-state index contributed by atoms with van der Waals surface area (Å²) in [5.41, 5.74) is 1.31. The normalized spacial score (nSPS) is 18.9. The minimum Gasteiger partial charge on any atom is -0.296 e. The molecular weight excluding hydrogens is 218 g/mol. The fourth-order valence-corrected chi connectivity index (χ4v) is 2.87. The number of hydrogen-bond acceptors (Lipinski definition) is 1. The highest BCUT2D eigenvalue weighted by atomic mass is 35.5. The molecule has 2 rings (SSSR count). The van der Waals surface area contributed by atoms with Crippen LogP contribution in [0.4, 0.5) is 0 Å². The molecule has 1 nitrogen and oxygen atoms in total. The average molecular weight is 238 g/mol. The molecular formula is C14H20ClN. The van der Waals surface area contributed by atoms with Crippen LogP contribution in [0.2, 0.25) is 5.02 Å². The van der Waals surface area contributed by atoms with E-state index in [0.717, 1.165) is 5.02 Å². The maximum Gasteiger partial charge on any atom is 0.0453 e. The molecule has 1 unspecified atom stereocenters. The average Bonchev–Trinajstić information content (AvgIpc) is 2.80. The topological polar surface area (TPSA) is 3.24 Å². The summed E-state index contributed by atoms with van der Waals surface area (Å²) in [7, 11) is 0. The second kappa shape index (κ2) is 5.70. The fourth-order valence-electron chi connectivity index (χ4n) is 2.61. The van der Waals surface area contributed by atoms with Gasteiger partial charge in [-0.3, -0.25) is 4.90 Å². The Morgan fingerprint density at radius 1 is 1.25 bits per heavy atom. The van der Waals surface area contributed by atoms with Gasteiger partial charge in [0.1, 0.15) is 0 Å². The van der Waals surface area contributed by atoms with Crippen LogP contribution in [0.15, 0.2) is 24.3 Å². The second-order valence-electron chi connectivity index (χ2n) is 4.57. The summed E-state index contributed by atoms with van der Waals surface area (Å²) in [5, 5.41) is 0.924. The highest BCUT2D eigenvalue weighted by Gasteiger charge is 2.23. The Kier molecular flexibility index (Phi) is 4.25. The molecule has 1 atom stereocenters. The quantitative estimate of drug-likeness (QED) is 0.756. The van der Waals surface area contributed by atoms with Crippen molar-refractivity contribution in [3.8, 4) is 0 Å². The van der Waals surface area contributed by atoms with E-state index in [1.807, 2.05) is 12.1 Å². The number of nitrogens with zero attached hydrogens (tertiary/aromatic N) is 1. The minimum absolute atomic E-state index is 0.529. The zero-order chi connectivity index (χ0) is 11.4. The first-order chi connectivity index (χ1) is 7.83. The third kappa shape index (κ3) is 2.58. The second-order valence-corrected chi connectivity index (χ2v) is 4.98. The first-order valence-electron chi connectivity index (χ1n) is 6.31. The van der Waals surface area contributed by atoms with Gasteiger partial charge in [-0.05, 0) is 44.0 Å². The molecule has 0 aromatic heterocycles. The molecule has 1 fully saturated rings. The summed E-state index contributed by atoms with van der Waals surface area (Å²) in [6.07, 6.45) is 5.10. The lowest BCUT2D eigenvalue weighted by molar-refractivity contribution is 0.232. The van der Waals surface area contributed by atoms with Crippen LogP contribution in [0, 0.1) is 0 Å². The SMILES string of the molecule is CCCC(c1ccccc1Cl)N1CCCC1. The maximum absolute atomic E-state index is 6.31. The van der Waals surface area contributed by atoms with Crippen molar-refractivity contribution in [1.82, 2.24) is 4.90 Å². The molecule has 1 aliphatic heterocycles. The van der Waals surface area contributed by atoms with Gasteiger partial charge in [-0.1, -0.05) is 43.1 Å². The Bertz CT molecular complexity index is 331. The fraction of sp³-hybridized carbons (Fsp3) is 0.571. The summed E-state index contributed by atoms with van der Waals surface area (Å²) >= 11 is 6.31. The molecule has 1 aromatic rings. The van der Waals surface area contributed by atoms with Crippen LogP contribution >= 0.6 is 11.6 Å². The van der Waals surface area contributed by atoms with Gasteiger partial charge >= 0.3 is 0 Å². The maximum atomic E-state index is 6.31. The standard InChI is InChI=1S/C14H20ClN/c1-2-7-14(16-10-5-6-11-16)12-8-3-4-9-13(12)15/h3-4,8-9,14H,2,5-7,10-11H2,1H3. The van der Waals surface area contributed by atoms with Crippen LogP contribution in [-0.4, -0.2) is 18.0 Å². The number of hydrogen-bond donors (Lipinski definition) is 0. The molecule has 0 saturated carbocycles. The number of benzene rings is 1. The van der Waals surface area contributed by atoms with E-state index in [2.05, 4.69) is 24.0 Å². The molecule has 1 heterocycles. The predicted octanol–water partition coefficient (Wildman–Crippen LogP) is 4.28. The van der Waals surface area contributed by atoms with Gasteiger partial charge in [0.15, 0.2) is 0 Å². The molecule has 2 heteroatoms. The first-order valence-corrected chi connectivity index (χ1v) is 6.69. The van der Waals surface area contributed by atoms with Crippen molar-refractivity contribution >= 4 is 11.6 Å². The molecule has 0 spiro atoms. The number of halogens is 1. The summed E-state index contributed by atoms with van der Waals surface area (Å²) < 4.78 is 0. The van der Waals surface area contributed by atoms with Gasteiger partial charge in [0.05, 0.1) is 0 Å². The largest absolute Gasteiger partial charge is 0.296 e. The van der Waals surface area contributed by atoms with Crippen molar-refractivity contribution in [2.75, 3.05) is 13.1 Å². The molecule has 0 bridgehead atoms. The van der Waals surface area contributed by atoms with Crippen molar-refractivity contribution in [2.24, 2.45) is 0 Å². The molecule has 0 radical (unpaired) electrons. The van der Waals surface area contributed by atoms with Gasteiger partial charge in [-0.15, -0.1) is 0 Å². The zero-order valence-corrected chi connectivity index (χ0v) is 10.7.